The van der Waals surface area contributed by atoms with Crippen LogP contribution >= 0.6 is 11.6 Å². The summed E-state index contributed by atoms with van der Waals surface area (Å²) < 4.78 is 14.9. The van der Waals surface area contributed by atoms with E-state index in [1.165, 1.54) is 12.1 Å². The number of fused-ring (bicyclic) bond motifs is 1. The highest BCUT2D eigenvalue weighted by Gasteiger charge is 2.14. The van der Waals surface area contributed by atoms with E-state index >= 15 is 0 Å². The molecule has 0 bridgehead atoms. The fraction of sp³-hybridized carbons (Fsp3) is 0.0455. The van der Waals surface area contributed by atoms with Crippen molar-refractivity contribution in [3.8, 4) is 11.8 Å². The zero-order valence-electron chi connectivity index (χ0n) is 15.1. The molecule has 0 atom stereocenters. The van der Waals surface area contributed by atoms with Crippen LogP contribution in [0.4, 0.5) is 4.39 Å². The highest BCUT2D eigenvalue weighted by atomic mass is 35.5. The first-order chi connectivity index (χ1) is 14.1. The first-order valence-electron chi connectivity index (χ1n) is 8.76. The molecule has 0 radical (unpaired) electrons. The van der Waals surface area contributed by atoms with Gasteiger partial charge in [0.1, 0.15) is 5.82 Å². The molecule has 7 heteroatoms. The van der Waals surface area contributed by atoms with Gasteiger partial charge >= 0.3 is 0 Å². The van der Waals surface area contributed by atoms with Crippen LogP contribution in [0.25, 0.3) is 16.6 Å². The molecule has 0 saturated carbocycles. The predicted octanol–water partition coefficient (Wildman–Crippen LogP) is 4.62. The SMILES string of the molecule is N#Cc1ccc(CNC(=O)c2cccc3c2cnn3-c2ccc(F)cc2)c(Cl)c1. The Kier molecular flexibility index (Phi) is 4.98. The number of amides is 1. The third-order valence-electron chi connectivity index (χ3n) is 4.55. The summed E-state index contributed by atoms with van der Waals surface area (Å²) in [5.41, 5.74) is 3.08. The fourth-order valence-corrected chi connectivity index (χ4v) is 3.32. The molecule has 1 aromatic heterocycles. The number of carbonyl (C=O) groups is 1. The van der Waals surface area contributed by atoms with E-state index in [2.05, 4.69) is 10.4 Å². The van der Waals surface area contributed by atoms with Gasteiger partial charge in [0, 0.05) is 17.0 Å². The zero-order chi connectivity index (χ0) is 20.4. The Morgan fingerprint density at radius 1 is 1.17 bits per heavy atom. The zero-order valence-corrected chi connectivity index (χ0v) is 15.8. The molecular weight excluding hydrogens is 391 g/mol. The summed E-state index contributed by atoms with van der Waals surface area (Å²) in [7, 11) is 0. The molecule has 4 aromatic rings. The molecule has 0 unspecified atom stereocenters. The third kappa shape index (κ3) is 3.68. The molecule has 4 rings (SSSR count). The molecule has 142 valence electrons. The van der Waals surface area contributed by atoms with E-state index in [1.54, 1.807) is 53.3 Å². The lowest BCUT2D eigenvalue weighted by atomic mass is 10.1. The normalized spacial score (nSPS) is 10.7. The van der Waals surface area contributed by atoms with Crippen LogP contribution in [-0.4, -0.2) is 15.7 Å². The smallest absolute Gasteiger partial charge is 0.252 e. The van der Waals surface area contributed by atoms with Gasteiger partial charge in [-0.15, -0.1) is 0 Å². The van der Waals surface area contributed by atoms with Gasteiger partial charge in [0.25, 0.3) is 5.91 Å². The number of nitrogens with one attached hydrogen (secondary N) is 1. The third-order valence-corrected chi connectivity index (χ3v) is 4.90. The second kappa shape index (κ2) is 7.74. The Morgan fingerprint density at radius 2 is 1.97 bits per heavy atom. The van der Waals surface area contributed by atoms with Gasteiger partial charge < -0.3 is 5.32 Å². The van der Waals surface area contributed by atoms with Crippen molar-refractivity contribution in [2.24, 2.45) is 0 Å². The minimum absolute atomic E-state index is 0.228. The first-order valence-corrected chi connectivity index (χ1v) is 9.14. The molecule has 1 N–H and O–H groups in total. The summed E-state index contributed by atoms with van der Waals surface area (Å²) >= 11 is 6.17. The van der Waals surface area contributed by atoms with E-state index in [9.17, 15) is 9.18 Å². The van der Waals surface area contributed by atoms with E-state index < -0.39 is 0 Å². The molecule has 0 aliphatic rings. The second-order valence-electron chi connectivity index (χ2n) is 6.37. The average molecular weight is 405 g/mol. The Labute approximate surface area is 171 Å². The van der Waals surface area contributed by atoms with Crippen molar-refractivity contribution in [2.45, 2.75) is 6.54 Å². The number of carbonyl (C=O) groups excluding carboxylic acids is 1. The molecule has 1 amide bonds. The minimum Gasteiger partial charge on any atom is -0.348 e. The number of aromatic nitrogens is 2. The van der Waals surface area contributed by atoms with Gasteiger partial charge in [0.15, 0.2) is 0 Å². The van der Waals surface area contributed by atoms with Crippen molar-refractivity contribution in [1.29, 1.82) is 5.26 Å². The van der Waals surface area contributed by atoms with E-state index in [0.29, 0.717) is 32.8 Å². The van der Waals surface area contributed by atoms with Crippen molar-refractivity contribution in [1.82, 2.24) is 15.1 Å². The molecule has 5 nitrogen and oxygen atoms in total. The molecule has 1 heterocycles. The van der Waals surface area contributed by atoms with Gasteiger partial charge in [-0.05, 0) is 54.1 Å². The number of halogens is 2. The van der Waals surface area contributed by atoms with Crippen molar-refractivity contribution in [2.75, 3.05) is 0 Å². The summed E-state index contributed by atoms with van der Waals surface area (Å²) in [6.07, 6.45) is 1.61. The van der Waals surface area contributed by atoms with Crippen molar-refractivity contribution >= 4 is 28.4 Å². The highest BCUT2D eigenvalue weighted by Crippen LogP contribution is 2.23. The Morgan fingerprint density at radius 3 is 2.69 bits per heavy atom. The number of nitrogens with zero attached hydrogens (tertiary/aromatic N) is 3. The summed E-state index contributed by atoms with van der Waals surface area (Å²) in [6.45, 7) is 0.228. The fourth-order valence-electron chi connectivity index (χ4n) is 3.07. The van der Waals surface area contributed by atoms with Crippen molar-refractivity contribution in [3.63, 3.8) is 0 Å². The largest absolute Gasteiger partial charge is 0.348 e. The quantitative estimate of drug-likeness (QED) is 0.539. The van der Waals surface area contributed by atoms with Crippen LogP contribution in [0.2, 0.25) is 5.02 Å². The number of rotatable bonds is 4. The van der Waals surface area contributed by atoms with E-state index in [-0.39, 0.29) is 18.3 Å². The number of nitriles is 1. The Bertz CT molecular complexity index is 1260. The summed E-state index contributed by atoms with van der Waals surface area (Å²) in [5, 5.41) is 17.2. The summed E-state index contributed by atoms with van der Waals surface area (Å²) in [4.78, 5) is 12.8. The van der Waals surface area contributed by atoms with Crippen LogP contribution in [0.15, 0.2) is 66.9 Å². The standard InChI is InChI=1S/C22H14ClFN4O/c23-20-10-14(11-25)4-5-15(20)12-26-22(29)18-2-1-3-21-19(18)13-27-28(21)17-8-6-16(24)7-9-17/h1-10,13H,12H2,(H,26,29). The van der Waals surface area contributed by atoms with Crippen LogP contribution in [0.1, 0.15) is 21.5 Å². The van der Waals surface area contributed by atoms with E-state index in [4.69, 9.17) is 16.9 Å². The number of hydrogen-bond donors (Lipinski definition) is 1. The average Bonchev–Trinajstić information content (AvgIpc) is 3.17. The summed E-state index contributed by atoms with van der Waals surface area (Å²) in [6, 6.07) is 18.3. The van der Waals surface area contributed by atoms with E-state index in [0.717, 1.165) is 5.52 Å². The Balaban J connectivity index is 1.60. The van der Waals surface area contributed by atoms with Gasteiger partial charge in [-0.1, -0.05) is 23.7 Å². The molecule has 3 aromatic carbocycles. The maximum absolute atomic E-state index is 13.2. The number of hydrogen-bond acceptors (Lipinski definition) is 3. The molecule has 29 heavy (non-hydrogen) atoms. The summed E-state index contributed by atoms with van der Waals surface area (Å²) in [5.74, 6) is -0.596. The molecule has 0 aliphatic heterocycles. The lowest BCUT2D eigenvalue weighted by molar-refractivity contribution is 0.0952. The van der Waals surface area contributed by atoms with Crippen LogP contribution in [-0.2, 0) is 6.54 Å². The molecule has 0 saturated heterocycles. The van der Waals surface area contributed by atoms with Crippen LogP contribution < -0.4 is 5.32 Å². The lowest BCUT2D eigenvalue weighted by Gasteiger charge is -2.09. The van der Waals surface area contributed by atoms with Gasteiger partial charge in [-0.3, -0.25) is 4.79 Å². The van der Waals surface area contributed by atoms with Crippen LogP contribution in [0.5, 0.6) is 0 Å². The van der Waals surface area contributed by atoms with Crippen LogP contribution in [0.3, 0.4) is 0 Å². The van der Waals surface area contributed by atoms with E-state index in [1.807, 2.05) is 12.1 Å². The predicted molar refractivity (Wildman–Crippen MR) is 108 cm³/mol. The van der Waals surface area contributed by atoms with Crippen molar-refractivity contribution < 1.29 is 9.18 Å². The maximum atomic E-state index is 13.2. The topological polar surface area (TPSA) is 70.7 Å². The number of benzene rings is 3. The van der Waals surface area contributed by atoms with Gasteiger partial charge in [0.2, 0.25) is 0 Å². The lowest BCUT2D eigenvalue weighted by Crippen LogP contribution is -2.23. The minimum atomic E-state index is -0.327. The van der Waals surface area contributed by atoms with Gasteiger partial charge in [0.05, 0.1) is 34.6 Å². The molecule has 0 fully saturated rings. The highest BCUT2D eigenvalue weighted by molar-refractivity contribution is 6.31. The van der Waals surface area contributed by atoms with Gasteiger partial charge in [-0.25, -0.2) is 9.07 Å². The second-order valence-corrected chi connectivity index (χ2v) is 6.78. The van der Waals surface area contributed by atoms with Crippen molar-refractivity contribution in [3.05, 3.63) is 94.4 Å². The Hall–Kier alpha value is -3.69. The van der Waals surface area contributed by atoms with Gasteiger partial charge in [-0.2, -0.15) is 10.4 Å². The molecular formula is C22H14ClFN4O. The van der Waals surface area contributed by atoms with Crippen LogP contribution in [0, 0.1) is 17.1 Å². The maximum Gasteiger partial charge on any atom is 0.252 e. The first kappa shape index (κ1) is 18.7. The monoisotopic (exact) mass is 404 g/mol. The molecule has 0 aliphatic carbocycles. The molecule has 0 spiro atoms.